The Morgan fingerprint density at radius 2 is 2.25 bits per heavy atom. The van der Waals surface area contributed by atoms with Gasteiger partial charge in [0.25, 0.3) is 5.56 Å². The van der Waals surface area contributed by atoms with E-state index in [1.165, 1.54) is 4.68 Å². The number of nitrogens with one attached hydrogen (secondary N) is 1. The van der Waals surface area contributed by atoms with Crippen LogP contribution in [0.4, 0.5) is 5.69 Å². The fraction of sp³-hybridized carbons (Fsp3) is 0.615. The van der Waals surface area contributed by atoms with Gasteiger partial charge in [0.15, 0.2) is 0 Å². The summed E-state index contributed by atoms with van der Waals surface area (Å²) in [4.78, 5) is 23.6. The first-order chi connectivity index (χ1) is 9.40. The van der Waals surface area contributed by atoms with Crippen molar-refractivity contribution in [3.8, 4) is 0 Å². The lowest BCUT2D eigenvalue weighted by atomic mass is 10.0. The summed E-state index contributed by atoms with van der Waals surface area (Å²) in [5.74, 6) is 0.141. The molecule has 1 saturated carbocycles. The van der Waals surface area contributed by atoms with Gasteiger partial charge in [0.05, 0.1) is 11.9 Å². The summed E-state index contributed by atoms with van der Waals surface area (Å²) in [5.41, 5.74) is 5.67. The summed E-state index contributed by atoms with van der Waals surface area (Å²) < 4.78 is 1.85. The van der Waals surface area contributed by atoms with Crippen molar-refractivity contribution in [2.75, 3.05) is 5.32 Å². The molecule has 1 heterocycles. The highest BCUT2D eigenvalue weighted by atomic mass is 79.9. The minimum absolute atomic E-state index is 0.0216. The Balaban J connectivity index is 2.22. The largest absolute Gasteiger partial charge is 0.371 e. The number of aromatic nitrogens is 2. The molecule has 110 valence electrons. The van der Waals surface area contributed by atoms with Gasteiger partial charge >= 0.3 is 0 Å². The molecule has 7 heteroatoms. The van der Waals surface area contributed by atoms with Crippen LogP contribution in [-0.4, -0.2) is 21.7 Å². The van der Waals surface area contributed by atoms with Gasteiger partial charge in [-0.25, -0.2) is 4.68 Å². The Hall–Kier alpha value is -1.37. The molecule has 2 rings (SSSR count). The van der Waals surface area contributed by atoms with Crippen LogP contribution in [0.1, 0.15) is 26.7 Å². The highest BCUT2D eigenvalue weighted by Crippen LogP contribution is 2.30. The van der Waals surface area contributed by atoms with Gasteiger partial charge in [-0.3, -0.25) is 9.59 Å². The average Bonchev–Trinajstić information content (AvgIpc) is 3.17. The van der Waals surface area contributed by atoms with E-state index in [1.807, 2.05) is 13.8 Å². The lowest BCUT2D eigenvalue weighted by molar-refractivity contribution is -0.119. The maximum Gasteiger partial charge on any atom is 0.283 e. The van der Waals surface area contributed by atoms with Crippen molar-refractivity contribution < 1.29 is 4.79 Å². The first kappa shape index (κ1) is 15.0. The third-order valence-corrected chi connectivity index (χ3v) is 4.16. The van der Waals surface area contributed by atoms with Crippen LogP contribution in [-0.2, 0) is 11.3 Å². The molecular formula is C13H19BrN4O2. The predicted molar refractivity (Wildman–Crippen MR) is 80.4 cm³/mol. The quantitative estimate of drug-likeness (QED) is 0.816. The number of carbonyl (C=O) groups excluding carboxylic acids is 1. The first-order valence-electron chi connectivity index (χ1n) is 6.71. The van der Waals surface area contributed by atoms with Gasteiger partial charge < -0.3 is 11.1 Å². The van der Waals surface area contributed by atoms with E-state index in [0.717, 1.165) is 12.8 Å². The van der Waals surface area contributed by atoms with E-state index >= 15 is 0 Å². The van der Waals surface area contributed by atoms with Gasteiger partial charge in [0, 0.05) is 6.54 Å². The number of halogens is 1. The van der Waals surface area contributed by atoms with Crippen molar-refractivity contribution in [3.63, 3.8) is 0 Å². The monoisotopic (exact) mass is 342 g/mol. The number of hydrogen-bond acceptors (Lipinski definition) is 4. The number of hydrogen-bond donors (Lipinski definition) is 2. The standard InChI is InChI=1S/C13H19BrN4O2/c1-7(2)11(12(15)19)17-9-5-16-18(6-8-3-4-8)13(20)10(9)14/h5,7-8,11,17H,3-4,6H2,1-2H3,(H2,15,19). The predicted octanol–water partition coefficient (Wildman–Crippen LogP) is 1.34. The minimum Gasteiger partial charge on any atom is -0.371 e. The van der Waals surface area contributed by atoms with Gasteiger partial charge in [-0.2, -0.15) is 5.10 Å². The van der Waals surface area contributed by atoms with Crippen LogP contribution < -0.4 is 16.6 Å². The third kappa shape index (κ3) is 3.39. The average molecular weight is 343 g/mol. The number of amides is 1. The Morgan fingerprint density at radius 3 is 2.75 bits per heavy atom. The van der Waals surface area contributed by atoms with Crippen LogP contribution in [0.2, 0.25) is 0 Å². The number of anilines is 1. The molecule has 0 aromatic carbocycles. The maximum absolute atomic E-state index is 12.2. The van der Waals surface area contributed by atoms with Crippen LogP contribution in [0.25, 0.3) is 0 Å². The van der Waals surface area contributed by atoms with Gasteiger partial charge in [-0.1, -0.05) is 13.8 Å². The van der Waals surface area contributed by atoms with Crippen LogP contribution in [0.15, 0.2) is 15.5 Å². The molecule has 0 radical (unpaired) electrons. The van der Waals surface area contributed by atoms with E-state index < -0.39 is 11.9 Å². The zero-order chi connectivity index (χ0) is 14.9. The number of nitrogens with two attached hydrogens (primary N) is 1. The van der Waals surface area contributed by atoms with E-state index in [9.17, 15) is 9.59 Å². The van der Waals surface area contributed by atoms with E-state index in [2.05, 4.69) is 26.3 Å². The van der Waals surface area contributed by atoms with Crippen LogP contribution in [0, 0.1) is 11.8 Å². The smallest absolute Gasteiger partial charge is 0.283 e. The number of rotatable bonds is 6. The van der Waals surface area contributed by atoms with Crippen molar-refractivity contribution in [1.29, 1.82) is 0 Å². The molecular weight excluding hydrogens is 324 g/mol. The minimum atomic E-state index is -0.535. The van der Waals surface area contributed by atoms with Crippen LogP contribution in [0.5, 0.6) is 0 Å². The first-order valence-corrected chi connectivity index (χ1v) is 7.51. The zero-order valence-electron chi connectivity index (χ0n) is 11.6. The lowest BCUT2D eigenvalue weighted by Gasteiger charge is -2.20. The maximum atomic E-state index is 12.2. The molecule has 1 aromatic rings. The summed E-state index contributed by atoms with van der Waals surface area (Å²) in [6, 6.07) is -0.535. The van der Waals surface area contributed by atoms with E-state index in [4.69, 9.17) is 5.73 Å². The second-order valence-corrected chi connectivity index (χ2v) is 6.36. The molecule has 1 unspecified atom stereocenters. The molecule has 6 nitrogen and oxygen atoms in total. The molecule has 1 fully saturated rings. The highest BCUT2D eigenvalue weighted by molar-refractivity contribution is 9.10. The molecule has 20 heavy (non-hydrogen) atoms. The van der Waals surface area contributed by atoms with Gasteiger partial charge in [0.1, 0.15) is 10.5 Å². The normalized spacial score (nSPS) is 16.2. The van der Waals surface area contributed by atoms with Crippen molar-refractivity contribution in [2.24, 2.45) is 17.6 Å². The summed E-state index contributed by atoms with van der Waals surface area (Å²) in [5, 5.41) is 7.14. The number of nitrogens with zero attached hydrogens (tertiary/aromatic N) is 2. The molecule has 0 saturated heterocycles. The Labute approximate surface area is 125 Å². The molecule has 1 aliphatic carbocycles. The topological polar surface area (TPSA) is 90.0 Å². The SMILES string of the molecule is CC(C)C(Nc1cnn(CC2CC2)c(=O)c1Br)C(N)=O. The summed E-state index contributed by atoms with van der Waals surface area (Å²) in [6.45, 7) is 4.43. The fourth-order valence-corrected chi connectivity index (χ4v) is 2.40. The van der Waals surface area contributed by atoms with E-state index in [-0.39, 0.29) is 11.5 Å². The summed E-state index contributed by atoms with van der Waals surface area (Å²) >= 11 is 3.28. The van der Waals surface area contributed by atoms with Crippen molar-refractivity contribution in [1.82, 2.24) is 9.78 Å². The second-order valence-electron chi connectivity index (χ2n) is 5.57. The zero-order valence-corrected chi connectivity index (χ0v) is 13.2. The molecule has 1 amide bonds. The number of primary amides is 1. The second kappa shape index (κ2) is 5.95. The third-order valence-electron chi connectivity index (χ3n) is 3.40. The Morgan fingerprint density at radius 1 is 1.60 bits per heavy atom. The number of carbonyl (C=O) groups is 1. The molecule has 0 aliphatic heterocycles. The van der Waals surface area contributed by atoms with E-state index in [0.29, 0.717) is 22.6 Å². The van der Waals surface area contributed by atoms with Crippen LogP contribution in [0.3, 0.4) is 0 Å². The van der Waals surface area contributed by atoms with Gasteiger partial charge in [-0.05, 0) is 40.6 Å². The fourth-order valence-electron chi connectivity index (χ4n) is 1.97. The molecule has 0 spiro atoms. The molecule has 3 N–H and O–H groups in total. The molecule has 1 atom stereocenters. The van der Waals surface area contributed by atoms with Crippen molar-refractivity contribution in [2.45, 2.75) is 39.3 Å². The highest BCUT2D eigenvalue weighted by Gasteiger charge is 2.24. The summed E-state index contributed by atoms with van der Waals surface area (Å²) in [7, 11) is 0. The molecule has 1 aliphatic rings. The van der Waals surface area contributed by atoms with Crippen molar-refractivity contribution in [3.05, 3.63) is 21.0 Å². The van der Waals surface area contributed by atoms with E-state index in [1.54, 1.807) is 6.20 Å². The lowest BCUT2D eigenvalue weighted by Crippen LogP contribution is -2.40. The Bertz CT molecular complexity index is 566. The Kier molecular flexibility index (Phi) is 4.47. The van der Waals surface area contributed by atoms with Crippen molar-refractivity contribution >= 4 is 27.5 Å². The van der Waals surface area contributed by atoms with Crippen LogP contribution >= 0.6 is 15.9 Å². The molecule has 1 aromatic heterocycles. The summed E-state index contributed by atoms with van der Waals surface area (Å²) in [6.07, 6.45) is 3.87. The molecule has 0 bridgehead atoms. The van der Waals surface area contributed by atoms with Gasteiger partial charge in [0.2, 0.25) is 5.91 Å². The van der Waals surface area contributed by atoms with Gasteiger partial charge in [-0.15, -0.1) is 0 Å².